The second-order valence-corrected chi connectivity index (χ2v) is 5.90. The quantitative estimate of drug-likeness (QED) is 0.666. The number of amides is 1. The highest BCUT2D eigenvalue weighted by atomic mass is 19.1. The van der Waals surface area contributed by atoms with E-state index in [4.69, 9.17) is 0 Å². The minimum absolute atomic E-state index is 0.0598. The molecule has 0 aliphatic carbocycles. The van der Waals surface area contributed by atoms with E-state index in [2.05, 4.69) is 23.8 Å². The minimum Gasteiger partial charge on any atom is -0.356 e. The first-order chi connectivity index (χ1) is 11.5. The van der Waals surface area contributed by atoms with E-state index in [1.807, 2.05) is 11.8 Å². The molecule has 24 heavy (non-hydrogen) atoms. The molecule has 1 aromatic carbocycles. The number of benzene rings is 1. The molecule has 0 bridgehead atoms. The van der Waals surface area contributed by atoms with Crippen molar-refractivity contribution in [3.63, 3.8) is 0 Å². The number of likely N-dealkylation sites (N-methyl/N-ethyl adjacent to an activating group) is 1. The van der Waals surface area contributed by atoms with Crippen LogP contribution in [0.15, 0.2) is 60.3 Å². The highest BCUT2D eigenvalue weighted by molar-refractivity contribution is 5.93. The van der Waals surface area contributed by atoms with Crippen LogP contribution in [0.4, 0.5) is 10.1 Å². The maximum Gasteiger partial charge on any atom is 0.249 e. The third-order valence-corrected chi connectivity index (χ3v) is 3.99. The van der Waals surface area contributed by atoms with Gasteiger partial charge in [0.25, 0.3) is 0 Å². The molecule has 0 saturated carbocycles. The molecular formula is C19H24FN3O. The van der Waals surface area contributed by atoms with Crippen molar-refractivity contribution in [2.75, 3.05) is 38.5 Å². The summed E-state index contributed by atoms with van der Waals surface area (Å²) in [6.45, 7) is 8.89. The van der Waals surface area contributed by atoms with Crippen LogP contribution in [0, 0.1) is 5.82 Å². The van der Waals surface area contributed by atoms with E-state index in [1.54, 1.807) is 30.4 Å². The molecule has 1 amide bonds. The van der Waals surface area contributed by atoms with Crippen LogP contribution >= 0.6 is 0 Å². The summed E-state index contributed by atoms with van der Waals surface area (Å²) in [7, 11) is 2.06. The predicted molar refractivity (Wildman–Crippen MR) is 96.1 cm³/mol. The van der Waals surface area contributed by atoms with Crippen molar-refractivity contribution in [3.05, 3.63) is 66.2 Å². The SMILES string of the molecule is C=C/C(=C\C=C(/C)C(=O)N1CCN(C)CC1)Nc1ccc(F)cc1. The first-order valence-corrected chi connectivity index (χ1v) is 8.01. The Morgan fingerprint density at radius 2 is 1.79 bits per heavy atom. The van der Waals surface area contributed by atoms with Crippen LogP contribution in [-0.2, 0) is 4.79 Å². The number of carbonyl (C=O) groups excluding carboxylic acids is 1. The first-order valence-electron chi connectivity index (χ1n) is 8.01. The Labute approximate surface area is 142 Å². The molecule has 5 heteroatoms. The zero-order valence-corrected chi connectivity index (χ0v) is 14.3. The summed E-state index contributed by atoms with van der Waals surface area (Å²) in [6, 6.07) is 6.08. The van der Waals surface area contributed by atoms with Crippen LogP contribution in [0.25, 0.3) is 0 Å². The second kappa shape index (κ2) is 8.45. The van der Waals surface area contributed by atoms with Gasteiger partial charge in [-0.05, 0) is 50.4 Å². The summed E-state index contributed by atoms with van der Waals surface area (Å²) in [5.74, 6) is -0.220. The number of hydrogen-bond acceptors (Lipinski definition) is 3. The Balaban J connectivity index is 2.01. The normalized spacial score (nSPS) is 16.9. The molecule has 0 aromatic heterocycles. The summed E-state index contributed by atoms with van der Waals surface area (Å²) in [4.78, 5) is 16.5. The van der Waals surface area contributed by atoms with Gasteiger partial charge >= 0.3 is 0 Å². The van der Waals surface area contributed by atoms with Gasteiger partial charge in [0.15, 0.2) is 0 Å². The smallest absolute Gasteiger partial charge is 0.249 e. The largest absolute Gasteiger partial charge is 0.356 e. The van der Waals surface area contributed by atoms with Gasteiger partial charge in [-0.15, -0.1) is 0 Å². The number of anilines is 1. The topological polar surface area (TPSA) is 35.6 Å². The molecule has 1 aromatic rings. The Kier molecular flexibility index (Phi) is 6.32. The van der Waals surface area contributed by atoms with Gasteiger partial charge in [-0.1, -0.05) is 12.7 Å². The average molecular weight is 329 g/mol. The van der Waals surface area contributed by atoms with E-state index < -0.39 is 0 Å². The van der Waals surface area contributed by atoms with Gasteiger partial charge in [-0.25, -0.2) is 4.39 Å². The van der Waals surface area contributed by atoms with Gasteiger partial charge in [0, 0.05) is 43.1 Å². The Morgan fingerprint density at radius 3 is 2.38 bits per heavy atom. The van der Waals surface area contributed by atoms with Crippen LogP contribution < -0.4 is 5.32 Å². The third kappa shape index (κ3) is 5.06. The van der Waals surface area contributed by atoms with Crippen molar-refractivity contribution in [2.45, 2.75) is 6.92 Å². The fourth-order valence-corrected chi connectivity index (χ4v) is 2.41. The summed E-state index contributed by atoms with van der Waals surface area (Å²) in [6.07, 6.45) is 5.25. The van der Waals surface area contributed by atoms with E-state index in [0.29, 0.717) is 5.57 Å². The van der Waals surface area contributed by atoms with Crippen LogP contribution in [0.2, 0.25) is 0 Å². The van der Waals surface area contributed by atoms with Crippen LogP contribution in [0.3, 0.4) is 0 Å². The van der Waals surface area contributed by atoms with Crippen molar-refractivity contribution < 1.29 is 9.18 Å². The number of halogens is 1. The minimum atomic E-state index is -0.279. The average Bonchev–Trinajstić information content (AvgIpc) is 2.60. The highest BCUT2D eigenvalue weighted by Crippen LogP contribution is 2.12. The first kappa shape index (κ1) is 17.9. The van der Waals surface area contributed by atoms with Crippen LogP contribution in [0.1, 0.15) is 6.92 Å². The van der Waals surface area contributed by atoms with Crippen molar-refractivity contribution in [1.29, 1.82) is 0 Å². The number of allylic oxidation sites excluding steroid dienone is 3. The molecule has 2 rings (SSSR count). The molecule has 0 atom stereocenters. The lowest BCUT2D eigenvalue weighted by Crippen LogP contribution is -2.47. The van der Waals surface area contributed by atoms with Gasteiger partial charge in [-0.2, -0.15) is 0 Å². The van der Waals surface area contributed by atoms with Gasteiger partial charge < -0.3 is 15.1 Å². The molecule has 1 aliphatic rings. The van der Waals surface area contributed by atoms with Crippen LogP contribution in [-0.4, -0.2) is 48.9 Å². The van der Waals surface area contributed by atoms with E-state index in [9.17, 15) is 9.18 Å². The molecule has 1 N–H and O–H groups in total. The number of rotatable bonds is 5. The monoisotopic (exact) mass is 329 g/mol. The highest BCUT2D eigenvalue weighted by Gasteiger charge is 2.19. The zero-order valence-electron chi connectivity index (χ0n) is 14.3. The van der Waals surface area contributed by atoms with E-state index in [-0.39, 0.29) is 11.7 Å². The van der Waals surface area contributed by atoms with E-state index >= 15 is 0 Å². The maximum absolute atomic E-state index is 12.9. The Hall–Kier alpha value is -2.40. The summed E-state index contributed by atoms with van der Waals surface area (Å²) < 4.78 is 12.9. The van der Waals surface area contributed by atoms with Gasteiger partial charge in [-0.3, -0.25) is 4.79 Å². The lowest BCUT2D eigenvalue weighted by Gasteiger charge is -2.32. The summed E-state index contributed by atoms with van der Waals surface area (Å²) >= 11 is 0. The molecule has 0 unspecified atom stereocenters. The van der Waals surface area contributed by atoms with Crippen molar-refractivity contribution in [2.24, 2.45) is 0 Å². The molecule has 128 valence electrons. The van der Waals surface area contributed by atoms with Crippen molar-refractivity contribution >= 4 is 11.6 Å². The van der Waals surface area contributed by atoms with E-state index in [1.165, 1.54) is 12.1 Å². The molecule has 1 heterocycles. The second-order valence-electron chi connectivity index (χ2n) is 5.90. The predicted octanol–water partition coefficient (Wildman–Crippen LogP) is 3.03. The molecule has 4 nitrogen and oxygen atoms in total. The summed E-state index contributed by atoms with van der Waals surface area (Å²) in [5, 5.41) is 3.14. The lowest BCUT2D eigenvalue weighted by atomic mass is 10.2. The number of carbonyl (C=O) groups is 1. The molecule has 1 aliphatic heterocycles. The maximum atomic E-state index is 12.9. The Bertz CT molecular complexity index is 641. The fraction of sp³-hybridized carbons (Fsp3) is 0.316. The number of hydrogen-bond donors (Lipinski definition) is 1. The number of piperazine rings is 1. The molecule has 1 fully saturated rings. The molecule has 1 saturated heterocycles. The number of nitrogens with one attached hydrogen (secondary N) is 1. The number of nitrogens with zero attached hydrogens (tertiary/aromatic N) is 2. The fourth-order valence-electron chi connectivity index (χ4n) is 2.41. The molecule has 0 spiro atoms. The Morgan fingerprint density at radius 1 is 1.17 bits per heavy atom. The van der Waals surface area contributed by atoms with E-state index in [0.717, 1.165) is 37.6 Å². The van der Waals surface area contributed by atoms with Crippen LogP contribution in [0.5, 0.6) is 0 Å². The zero-order chi connectivity index (χ0) is 17.5. The van der Waals surface area contributed by atoms with Gasteiger partial charge in [0.1, 0.15) is 5.82 Å². The van der Waals surface area contributed by atoms with Gasteiger partial charge in [0.2, 0.25) is 5.91 Å². The lowest BCUT2D eigenvalue weighted by molar-refractivity contribution is -0.128. The standard InChI is InChI=1S/C19H24FN3O/c1-4-17(21-18-9-6-16(20)7-10-18)8-5-15(2)19(24)23-13-11-22(3)12-14-23/h4-10,21H,1,11-14H2,2-3H3/b15-5+,17-8+. The molecular weight excluding hydrogens is 305 g/mol. The van der Waals surface area contributed by atoms with Crippen molar-refractivity contribution in [3.8, 4) is 0 Å². The summed E-state index contributed by atoms with van der Waals surface area (Å²) in [5.41, 5.74) is 2.19. The molecule has 0 radical (unpaired) electrons. The van der Waals surface area contributed by atoms with Gasteiger partial charge in [0.05, 0.1) is 0 Å². The van der Waals surface area contributed by atoms with Crippen molar-refractivity contribution in [1.82, 2.24) is 9.80 Å². The third-order valence-electron chi connectivity index (χ3n) is 3.99.